The zero-order chi connectivity index (χ0) is 19.9. The number of anilines is 1. The number of hydrogen-bond donors (Lipinski definition) is 0. The van der Waals surface area contributed by atoms with Gasteiger partial charge in [0.2, 0.25) is 0 Å². The van der Waals surface area contributed by atoms with Crippen LogP contribution < -0.4 is 9.64 Å². The molecule has 1 amide bonds. The lowest BCUT2D eigenvalue weighted by molar-refractivity contribution is 0.0684. The Morgan fingerprint density at radius 3 is 2.57 bits per heavy atom. The number of amides is 1. The SMILES string of the molecule is COc1ccc(N2CCN(C(=O)c3cnc4ccnn4c3C)CC2(C)C)cc1. The van der Waals surface area contributed by atoms with E-state index < -0.39 is 0 Å². The van der Waals surface area contributed by atoms with E-state index in [0.29, 0.717) is 18.7 Å². The zero-order valence-corrected chi connectivity index (χ0v) is 16.7. The van der Waals surface area contributed by atoms with Crippen LogP contribution in [-0.4, -0.2) is 57.7 Å². The Kier molecular flexibility index (Phi) is 4.45. The highest BCUT2D eigenvalue weighted by Crippen LogP contribution is 2.30. The zero-order valence-electron chi connectivity index (χ0n) is 16.7. The number of fused-ring (bicyclic) bond motifs is 1. The van der Waals surface area contributed by atoms with Crippen LogP contribution in [0.2, 0.25) is 0 Å². The van der Waals surface area contributed by atoms with Gasteiger partial charge in [0.05, 0.1) is 30.1 Å². The van der Waals surface area contributed by atoms with Crippen LogP contribution in [0.15, 0.2) is 42.7 Å². The van der Waals surface area contributed by atoms with E-state index in [1.165, 1.54) is 0 Å². The van der Waals surface area contributed by atoms with Crippen molar-refractivity contribution in [1.82, 2.24) is 19.5 Å². The first-order valence-electron chi connectivity index (χ1n) is 9.41. The number of piperazine rings is 1. The van der Waals surface area contributed by atoms with Gasteiger partial charge in [-0.3, -0.25) is 4.79 Å². The molecule has 0 bridgehead atoms. The van der Waals surface area contributed by atoms with Crippen LogP contribution in [0.1, 0.15) is 29.9 Å². The third-order valence-corrected chi connectivity index (χ3v) is 5.46. The Hall–Kier alpha value is -3.09. The number of ether oxygens (including phenoxy) is 1. The summed E-state index contributed by atoms with van der Waals surface area (Å²) in [6.07, 6.45) is 3.36. The number of hydrogen-bond acceptors (Lipinski definition) is 5. The first-order chi connectivity index (χ1) is 13.4. The number of carbonyl (C=O) groups excluding carboxylic acids is 1. The number of methoxy groups -OCH3 is 1. The summed E-state index contributed by atoms with van der Waals surface area (Å²) in [4.78, 5) is 21.8. The van der Waals surface area contributed by atoms with Crippen molar-refractivity contribution in [2.45, 2.75) is 26.3 Å². The standard InChI is InChI=1S/C21H25N5O2/c1-15-18(13-22-19-9-10-23-26(15)19)20(27)24-11-12-25(21(2,3)14-24)16-5-7-17(28-4)8-6-16/h5-10,13H,11-12,14H2,1-4H3. The smallest absolute Gasteiger partial charge is 0.257 e. The van der Waals surface area contributed by atoms with E-state index in [1.54, 1.807) is 24.0 Å². The van der Waals surface area contributed by atoms with E-state index in [0.717, 1.165) is 29.3 Å². The predicted molar refractivity (Wildman–Crippen MR) is 108 cm³/mol. The number of aromatic nitrogens is 3. The van der Waals surface area contributed by atoms with Gasteiger partial charge < -0.3 is 14.5 Å². The fourth-order valence-corrected chi connectivity index (χ4v) is 3.94. The van der Waals surface area contributed by atoms with Gasteiger partial charge >= 0.3 is 0 Å². The van der Waals surface area contributed by atoms with E-state index in [-0.39, 0.29) is 11.4 Å². The molecule has 146 valence electrons. The molecule has 0 saturated carbocycles. The molecule has 0 radical (unpaired) electrons. The van der Waals surface area contributed by atoms with Gasteiger partial charge in [-0.2, -0.15) is 5.10 Å². The maximum Gasteiger partial charge on any atom is 0.257 e. The summed E-state index contributed by atoms with van der Waals surface area (Å²) >= 11 is 0. The molecule has 0 aliphatic carbocycles. The molecule has 0 atom stereocenters. The summed E-state index contributed by atoms with van der Waals surface area (Å²) in [5.41, 5.74) is 3.10. The molecular weight excluding hydrogens is 354 g/mol. The van der Waals surface area contributed by atoms with E-state index in [9.17, 15) is 4.79 Å². The molecule has 7 heteroatoms. The lowest BCUT2D eigenvalue weighted by Crippen LogP contribution is -2.60. The van der Waals surface area contributed by atoms with Crippen molar-refractivity contribution in [1.29, 1.82) is 0 Å². The van der Waals surface area contributed by atoms with Gasteiger partial charge in [-0.05, 0) is 45.0 Å². The van der Waals surface area contributed by atoms with Crippen LogP contribution >= 0.6 is 0 Å². The fraction of sp³-hybridized carbons (Fsp3) is 0.381. The van der Waals surface area contributed by atoms with Gasteiger partial charge in [-0.15, -0.1) is 0 Å². The van der Waals surface area contributed by atoms with Crippen molar-refractivity contribution >= 4 is 17.2 Å². The minimum Gasteiger partial charge on any atom is -0.497 e. The number of nitrogens with zero attached hydrogens (tertiary/aromatic N) is 5. The van der Waals surface area contributed by atoms with Crippen molar-refractivity contribution in [3.8, 4) is 5.75 Å². The maximum absolute atomic E-state index is 13.2. The molecular formula is C21H25N5O2. The summed E-state index contributed by atoms with van der Waals surface area (Å²) in [6.45, 7) is 8.30. The van der Waals surface area contributed by atoms with Crippen LogP contribution in [-0.2, 0) is 0 Å². The molecule has 0 unspecified atom stereocenters. The summed E-state index contributed by atoms with van der Waals surface area (Å²) in [7, 11) is 1.67. The third-order valence-electron chi connectivity index (χ3n) is 5.46. The Morgan fingerprint density at radius 1 is 1.14 bits per heavy atom. The lowest BCUT2D eigenvalue weighted by Gasteiger charge is -2.48. The van der Waals surface area contributed by atoms with Crippen LogP contribution in [0, 0.1) is 6.92 Å². The van der Waals surface area contributed by atoms with E-state index in [1.807, 2.05) is 30.0 Å². The second kappa shape index (κ2) is 6.82. The molecule has 1 aliphatic rings. The number of aryl methyl sites for hydroxylation is 1. The molecule has 0 spiro atoms. The Morgan fingerprint density at radius 2 is 1.89 bits per heavy atom. The van der Waals surface area contributed by atoms with Gasteiger partial charge in [0.1, 0.15) is 5.75 Å². The minimum absolute atomic E-state index is 0.00450. The van der Waals surface area contributed by atoms with Crippen molar-refractivity contribution < 1.29 is 9.53 Å². The van der Waals surface area contributed by atoms with Crippen molar-refractivity contribution in [3.63, 3.8) is 0 Å². The average Bonchev–Trinajstić information content (AvgIpc) is 3.17. The second-order valence-electron chi connectivity index (χ2n) is 7.75. The van der Waals surface area contributed by atoms with Gasteiger partial charge in [-0.1, -0.05) is 0 Å². The largest absolute Gasteiger partial charge is 0.497 e. The molecule has 4 rings (SSSR count). The molecule has 0 N–H and O–H groups in total. The summed E-state index contributed by atoms with van der Waals surface area (Å²) in [5.74, 6) is 0.845. The normalized spacial score (nSPS) is 16.4. The Labute approximate surface area is 164 Å². The number of carbonyl (C=O) groups is 1. The van der Waals surface area contributed by atoms with Crippen LogP contribution in [0.4, 0.5) is 5.69 Å². The van der Waals surface area contributed by atoms with Crippen LogP contribution in [0.3, 0.4) is 0 Å². The molecule has 2 aromatic heterocycles. The van der Waals surface area contributed by atoms with Gasteiger partial charge in [-0.25, -0.2) is 9.50 Å². The highest BCUT2D eigenvalue weighted by molar-refractivity contribution is 5.95. The Balaban J connectivity index is 1.56. The van der Waals surface area contributed by atoms with Gasteiger partial charge in [0.25, 0.3) is 5.91 Å². The maximum atomic E-state index is 13.2. The van der Waals surface area contributed by atoms with E-state index in [2.05, 4.69) is 41.0 Å². The highest BCUT2D eigenvalue weighted by Gasteiger charge is 2.36. The highest BCUT2D eigenvalue weighted by atomic mass is 16.5. The van der Waals surface area contributed by atoms with Crippen LogP contribution in [0.25, 0.3) is 5.65 Å². The molecule has 1 saturated heterocycles. The van der Waals surface area contributed by atoms with Crippen molar-refractivity contribution in [3.05, 3.63) is 54.0 Å². The minimum atomic E-state index is -0.195. The number of rotatable bonds is 3. The van der Waals surface area contributed by atoms with Gasteiger partial charge in [0, 0.05) is 37.6 Å². The number of benzene rings is 1. The lowest BCUT2D eigenvalue weighted by atomic mass is 9.97. The summed E-state index contributed by atoms with van der Waals surface area (Å²) in [6, 6.07) is 9.90. The second-order valence-corrected chi connectivity index (χ2v) is 7.75. The fourth-order valence-electron chi connectivity index (χ4n) is 3.94. The van der Waals surface area contributed by atoms with E-state index >= 15 is 0 Å². The average molecular weight is 379 g/mol. The first-order valence-corrected chi connectivity index (χ1v) is 9.41. The molecule has 1 aromatic carbocycles. The molecule has 28 heavy (non-hydrogen) atoms. The third kappa shape index (κ3) is 3.06. The van der Waals surface area contributed by atoms with Crippen LogP contribution in [0.5, 0.6) is 5.75 Å². The molecule has 1 aliphatic heterocycles. The van der Waals surface area contributed by atoms with Gasteiger partial charge in [0.15, 0.2) is 5.65 Å². The Bertz CT molecular complexity index is 1010. The van der Waals surface area contributed by atoms with Crippen molar-refractivity contribution in [2.75, 3.05) is 31.6 Å². The van der Waals surface area contributed by atoms with Crippen molar-refractivity contribution in [2.24, 2.45) is 0 Å². The molecule has 3 heterocycles. The molecule has 3 aromatic rings. The quantitative estimate of drug-likeness (QED) is 0.700. The van der Waals surface area contributed by atoms with E-state index in [4.69, 9.17) is 4.74 Å². The monoisotopic (exact) mass is 379 g/mol. The molecule has 1 fully saturated rings. The summed E-state index contributed by atoms with van der Waals surface area (Å²) < 4.78 is 6.97. The topological polar surface area (TPSA) is 63.0 Å². The molecule has 7 nitrogen and oxygen atoms in total. The summed E-state index contributed by atoms with van der Waals surface area (Å²) in [5, 5.41) is 4.27. The predicted octanol–water partition coefficient (Wildman–Crippen LogP) is 2.79. The first kappa shape index (κ1) is 18.3.